The summed E-state index contributed by atoms with van der Waals surface area (Å²) in [6, 6.07) is 3.09. The summed E-state index contributed by atoms with van der Waals surface area (Å²) in [4.78, 5) is 23.7. The normalized spacial score (nSPS) is 17.8. The van der Waals surface area contributed by atoms with E-state index >= 15 is 0 Å². The Morgan fingerprint density at radius 3 is 2.79 bits per heavy atom. The molecule has 104 valence electrons. The third kappa shape index (κ3) is 3.04. The molecule has 0 radical (unpaired) electrons. The van der Waals surface area contributed by atoms with E-state index in [1.807, 2.05) is 6.92 Å². The molecule has 19 heavy (non-hydrogen) atoms. The average molecular weight is 263 g/mol. The number of aromatic nitrogens is 1. The van der Waals surface area contributed by atoms with Gasteiger partial charge in [0.1, 0.15) is 0 Å². The van der Waals surface area contributed by atoms with Crippen LogP contribution in [-0.4, -0.2) is 16.0 Å². The van der Waals surface area contributed by atoms with Gasteiger partial charge in [-0.2, -0.15) is 0 Å². The Balaban J connectivity index is 2.12. The Labute approximate surface area is 112 Å². The van der Waals surface area contributed by atoms with Crippen LogP contribution in [0.5, 0.6) is 0 Å². The van der Waals surface area contributed by atoms with Gasteiger partial charge in [0.25, 0.3) is 5.56 Å². The third-order valence-corrected chi connectivity index (χ3v) is 3.62. The second kappa shape index (κ2) is 5.17. The first-order chi connectivity index (χ1) is 8.95. The van der Waals surface area contributed by atoms with E-state index < -0.39 is 5.54 Å². The second-order valence-electron chi connectivity index (χ2n) is 5.46. The molecule has 0 saturated heterocycles. The van der Waals surface area contributed by atoms with Crippen molar-refractivity contribution in [1.29, 1.82) is 0 Å². The Morgan fingerprint density at radius 1 is 1.53 bits per heavy atom. The van der Waals surface area contributed by atoms with Crippen molar-refractivity contribution >= 4 is 11.6 Å². The van der Waals surface area contributed by atoms with Gasteiger partial charge in [-0.3, -0.25) is 9.59 Å². The van der Waals surface area contributed by atoms with Gasteiger partial charge in [-0.15, -0.1) is 0 Å². The van der Waals surface area contributed by atoms with Gasteiger partial charge in [0.05, 0.1) is 11.2 Å². The summed E-state index contributed by atoms with van der Waals surface area (Å²) in [5, 5.41) is 2.81. The predicted molar refractivity (Wildman–Crippen MR) is 74.9 cm³/mol. The highest BCUT2D eigenvalue weighted by molar-refractivity contribution is 5.98. The molecule has 5 heteroatoms. The fourth-order valence-corrected chi connectivity index (χ4v) is 2.16. The Morgan fingerprint density at radius 2 is 2.21 bits per heavy atom. The molecular weight excluding hydrogens is 242 g/mol. The second-order valence-corrected chi connectivity index (χ2v) is 5.46. The number of carbonyl (C=O) groups excluding carboxylic acids is 1. The van der Waals surface area contributed by atoms with Crippen LogP contribution in [0.3, 0.4) is 0 Å². The van der Waals surface area contributed by atoms with Crippen LogP contribution < -0.4 is 16.6 Å². The monoisotopic (exact) mass is 263 g/mol. The molecule has 1 fully saturated rings. The van der Waals surface area contributed by atoms with E-state index in [4.69, 9.17) is 5.73 Å². The molecule has 1 aromatic heterocycles. The Hall–Kier alpha value is -1.62. The fourth-order valence-electron chi connectivity index (χ4n) is 2.16. The fraction of sp³-hybridized carbons (Fsp3) is 0.571. The van der Waals surface area contributed by atoms with Gasteiger partial charge in [0.2, 0.25) is 5.91 Å². The summed E-state index contributed by atoms with van der Waals surface area (Å²) in [6.07, 6.45) is 4.56. The zero-order chi connectivity index (χ0) is 14.0. The molecule has 1 aliphatic carbocycles. The van der Waals surface area contributed by atoms with Gasteiger partial charge >= 0.3 is 0 Å². The molecule has 1 saturated carbocycles. The number of rotatable bonds is 5. The SMILES string of the molecule is CCCn1cc(NC(=O)C(C)(N)C2CC2)ccc1=O. The number of anilines is 1. The van der Waals surface area contributed by atoms with Gasteiger partial charge in [-0.25, -0.2) is 0 Å². The highest BCUT2D eigenvalue weighted by Crippen LogP contribution is 2.38. The Bertz CT molecular complexity index is 530. The van der Waals surface area contributed by atoms with Gasteiger partial charge < -0.3 is 15.6 Å². The molecule has 0 aromatic carbocycles. The van der Waals surface area contributed by atoms with Crippen LogP contribution in [0.25, 0.3) is 0 Å². The lowest BCUT2D eigenvalue weighted by atomic mass is 9.96. The molecule has 0 aliphatic heterocycles. The number of pyridine rings is 1. The van der Waals surface area contributed by atoms with Gasteiger partial charge in [-0.05, 0) is 38.2 Å². The molecule has 0 spiro atoms. The lowest BCUT2D eigenvalue weighted by Crippen LogP contribution is -2.50. The molecule has 2 rings (SSSR count). The quantitative estimate of drug-likeness (QED) is 0.841. The molecule has 1 aromatic rings. The van der Waals surface area contributed by atoms with E-state index in [1.165, 1.54) is 6.07 Å². The van der Waals surface area contributed by atoms with Crippen LogP contribution in [0.2, 0.25) is 0 Å². The van der Waals surface area contributed by atoms with E-state index in [0.717, 1.165) is 19.3 Å². The number of nitrogens with two attached hydrogens (primary N) is 1. The van der Waals surface area contributed by atoms with E-state index in [1.54, 1.807) is 23.8 Å². The van der Waals surface area contributed by atoms with Crippen molar-refractivity contribution in [3.8, 4) is 0 Å². The highest BCUT2D eigenvalue weighted by Gasteiger charge is 2.44. The number of amides is 1. The van der Waals surface area contributed by atoms with E-state index in [-0.39, 0.29) is 17.4 Å². The van der Waals surface area contributed by atoms with Crippen LogP contribution >= 0.6 is 0 Å². The smallest absolute Gasteiger partial charge is 0.250 e. The summed E-state index contributed by atoms with van der Waals surface area (Å²) >= 11 is 0. The van der Waals surface area contributed by atoms with Crippen LogP contribution in [0, 0.1) is 5.92 Å². The lowest BCUT2D eigenvalue weighted by Gasteiger charge is -2.23. The van der Waals surface area contributed by atoms with E-state index in [0.29, 0.717) is 12.2 Å². The largest absolute Gasteiger partial charge is 0.323 e. The van der Waals surface area contributed by atoms with Crippen molar-refractivity contribution in [3.63, 3.8) is 0 Å². The number of aryl methyl sites for hydroxylation is 1. The molecule has 5 nitrogen and oxygen atoms in total. The number of hydrogen-bond acceptors (Lipinski definition) is 3. The first kappa shape index (κ1) is 13.8. The maximum atomic E-state index is 12.1. The molecule has 1 amide bonds. The van der Waals surface area contributed by atoms with Gasteiger partial charge in [0, 0.05) is 18.8 Å². The number of hydrogen-bond donors (Lipinski definition) is 2. The lowest BCUT2D eigenvalue weighted by molar-refractivity contribution is -0.121. The number of nitrogens with zero attached hydrogens (tertiary/aromatic N) is 1. The molecular formula is C14H21N3O2. The van der Waals surface area contributed by atoms with Crippen molar-refractivity contribution in [2.75, 3.05) is 5.32 Å². The van der Waals surface area contributed by atoms with Gasteiger partial charge in [0.15, 0.2) is 0 Å². The van der Waals surface area contributed by atoms with Crippen LogP contribution in [0.15, 0.2) is 23.1 Å². The molecule has 1 atom stereocenters. The van der Waals surface area contributed by atoms with Crippen molar-refractivity contribution in [2.45, 2.75) is 45.2 Å². The summed E-state index contributed by atoms with van der Waals surface area (Å²) in [6.45, 7) is 4.41. The molecule has 0 bridgehead atoms. The molecule has 1 unspecified atom stereocenters. The third-order valence-electron chi connectivity index (χ3n) is 3.62. The molecule has 1 aliphatic rings. The van der Waals surface area contributed by atoms with Crippen molar-refractivity contribution in [2.24, 2.45) is 11.7 Å². The maximum Gasteiger partial charge on any atom is 0.250 e. The first-order valence-electron chi connectivity index (χ1n) is 6.76. The van der Waals surface area contributed by atoms with Crippen molar-refractivity contribution in [1.82, 2.24) is 4.57 Å². The van der Waals surface area contributed by atoms with Crippen molar-refractivity contribution in [3.05, 3.63) is 28.7 Å². The summed E-state index contributed by atoms with van der Waals surface area (Å²) < 4.78 is 1.60. The van der Waals surface area contributed by atoms with Crippen molar-refractivity contribution < 1.29 is 4.79 Å². The summed E-state index contributed by atoms with van der Waals surface area (Å²) in [7, 11) is 0. The first-order valence-corrected chi connectivity index (χ1v) is 6.76. The predicted octanol–water partition coefficient (Wildman–Crippen LogP) is 1.32. The van der Waals surface area contributed by atoms with Crippen LogP contribution in [0.4, 0.5) is 5.69 Å². The highest BCUT2D eigenvalue weighted by atomic mass is 16.2. The summed E-state index contributed by atoms with van der Waals surface area (Å²) in [5.74, 6) is 0.0887. The average Bonchev–Trinajstić information content (AvgIpc) is 3.18. The topological polar surface area (TPSA) is 77.1 Å². The maximum absolute atomic E-state index is 12.1. The minimum absolute atomic E-state index is 0.0578. The molecule has 1 heterocycles. The van der Waals surface area contributed by atoms with E-state index in [2.05, 4.69) is 5.32 Å². The molecule has 3 N–H and O–H groups in total. The minimum atomic E-state index is -0.828. The standard InChI is InChI=1S/C14H21N3O2/c1-3-8-17-9-11(6-7-12(17)18)16-13(19)14(2,15)10-4-5-10/h6-7,9-10H,3-5,8,15H2,1-2H3,(H,16,19). The Kier molecular flexibility index (Phi) is 3.75. The zero-order valence-corrected chi connectivity index (χ0v) is 11.5. The minimum Gasteiger partial charge on any atom is -0.323 e. The zero-order valence-electron chi connectivity index (χ0n) is 11.5. The van der Waals surface area contributed by atoms with E-state index in [9.17, 15) is 9.59 Å². The van der Waals surface area contributed by atoms with Gasteiger partial charge in [-0.1, -0.05) is 6.92 Å². The summed E-state index contributed by atoms with van der Waals surface area (Å²) in [5.41, 5.74) is 5.79. The number of carbonyl (C=O) groups is 1. The number of nitrogens with one attached hydrogen (secondary N) is 1. The van der Waals surface area contributed by atoms with Crippen LogP contribution in [0.1, 0.15) is 33.1 Å². The van der Waals surface area contributed by atoms with Crippen LogP contribution in [-0.2, 0) is 11.3 Å².